The van der Waals surface area contributed by atoms with Crippen molar-refractivity contribution in [2.75, 3.05) is 13.1 Å². The smallest absolute Gasteiger partial charge is 0.330 e. The van der Waals surface area contributed by atoms with Gasteiger partial charge in [0.2, 0.25) is 0 Å². The molecule has 3 heterocycles. The molecule has 0 spiro atoms. The Kier molecular flexibility index (Phi) is 6.10. The van der Waals surface area contributed by atoms with Crippen molar-refractivity contribution in [1.29, 1.82) is 0 Å². The minimum absolute atomic E-state index is 0. The first-order valence-corrected chi connectivity index (χ1v) is 8.25. The summed E-state index contributed by atoms with van der Waals surface area (Å²) < 4.78 is 1.52. The number of hydrogen-bond donors (Lipinski definition) is 2. The van der Waals surface area contributed by atoms with E-state index in [4.69, 9.17) is 5.73 Å². The fourth-order valence-corrected chi connectivity index (χ4v) is 3.44. The van der Waals surface area contributed by atoms with Gasteiger partial charge >= 0.3 is 5.69 Å². The molecule has 1 amide bonds. The van der Waals surface area contributed by atoms with Crippen LogP contribution in [0.5, 0.6) is 0 Å². The van der Waals surface area contributed by atoms with Gasteiger partial charge < -0.3 is 10.6 Å². The second kappa shape index (κ2) is 7.77. The van der Waals surface area contributed by atoms with Crippen molar-refractivity contribution in [3.05, 3.63) is 38.7 Å². The molecule has 26 heavy (non-hydrogen) atoms. The summed E-state index contributed by atoms with van der Waals surface area (Å²) in [7, 11) is 0. The lowest BCUT2D eigenvalue weighted by atomic mass is 10.1. The van der Waals surface area contributed by atoms with Crippen molar-refractivity contribution < 1.29 is 4.79 Å². The second-order valence-electron chi connectivity index (χ2n) is 6.49. The number of fused-ring (bicyclic) bond motifs is 1. The van der Waals surface area contributed by atoms with Gasteiger partial charge in [-0.25, -0.2) is 9.78 Å². The Morgan fingerprint density at radius 1 is 1.27 bits per heavy atom. The third-order valence-corrected chi connectivity index (χ3v) is 4.85. The van der Waals surface area contributed by atoms with E-state index in [2.05, 4.69) is 9.97 Å². The molecule has 0 radical (unpaired) electrons. The van der Waals surface area contributed by atoms with Crippen molar-refractivity contribution in [2.45, 2.75) is 37.8 Å². The fourth-order valence-electron chi connectivity index (χ4n) is 3.44. The van der Waals surface area contributed by atoms with E-state index in [0.29, 0.717) is 24.3 Å². The number of nitrogens with two attached hydrogens (primary N) is 1. The second-order valence-corrected chi connectivity index (χ2v) is 6.49. The van der Waals surface area contributed by atoms with Crippen molar-refractivity contribution in [3.8, 4) is 0 Å². The van der Waals surface area contributed by atoms with Gasteiger partial charge in [0.05, 0.1) is 10.9 Å². The number of aromatic amines is 1. The van der Waals surface area contributed by atoms with Gasteiger partial charge in [0.1, 0.15) is 5.65 Å². The van der Waals surface area contributed by atoms with E-state index >= 15 is 0 Å². The standard InChI is InChI=1S/C16H19N5O3.2ClH/c17-7-11-2-1-5-20(11)15(23)9-6-12-13(18-8-9)21(10-3-4-10)16(24)19-14(12)22;;/h6,8,10-11H,1-5,7,17H2,(H,19,22,24);2*1H. The number of nitrogens with zero attached hydrogens (tertiary/aromatic N) is 3. The predicted octanol–water partition coefficient (Wildman–Crippen LogP) is 0.827. The molecule has 1 aliphatic heterocycles. The number of halogens is 2. The van der Waals surface area contributed by atoms with E-state index in [0.717, 1.165) is 25.7 Å². The molecule has 142 valence electrons. The highest BCUT2D eigenvalue weighted by Crippen LogP contribution is 2.34. The molecule has 2 aliphatic rings. The third-order valence-electron chi connectivity index (χ3n) is 4.85. The normalized spacial score (nSPS) is 19.1. The van der Waals surface area contributed by atoms with Crippen LogP contribution in [0.1, 0.15) is 42.1 Å². The first kappa shape index (κ1) is 20.4. The monoisotopic (exact) mass is 401 g/mol. The number of nitrogens with one attached hydrogen (secondary N) is 1. The maximum absolute atomic E-state index is 12.7. The number of rotatable bonds is 3. The van der Waals surface area contributed by atoms with E-state index in [9.17, 15) is 14.4 Å². The lowest BCUT2D eigenvalue weighted by Gasteiger charge is -2.23. The van der Waals surface area contributed by atoms with Crippen molar-refractivity contribution in [1.82, 2.24) is 19.4 Å². The molecule has 3 N–H and O–H groups in total. The Balaban J connectivity index is 0.00000121. The summed E-state index contributed by atoms with van der Waals surface area (Å²) in [5.41, 5.74) is 5.48. The van der Waals surface area contributed by atoms with Crippen LogP contribution < -0.4 is 17.0 Å². The van der Waals surface area contributed by atoms with Crippen LogP contribution in [-0.2, 0) is 0 Å². The summed E-state index contributed by atoms with van der Waals surface area (Å²) in [6.45, 7) is 1.09. The van der Waals surface area contributed by atoms with Crippen molar-refractivity contribution in [2.24, 2.45) is 5.73 Å². The van der Waals surface area contributed by atoms with Crippen LogP contribution in [0.2, 0.25) is 0 Å². The molecule has 8 nitrogen and oxygen atoms in total. The highest BCUT2D eigenvalue weighted by atomic mass is 35.5. The third kappa shape index (κ3) is 3.36. The molecule has 1 saturated carbocycles. The van der Waals surface area contributed by atoms with Crippen LogP contribution in [-0.4, -0.2) is 44.5 Å². The van der Waals surface area contributed by atoms with Crippen LogP contribution in [0, 0.1) is 0 Å². The van der Waals surface area contributed by atoms with Crippen LogP contribution in [0.3, 0.4) is 0 Å². The average Bonchev–Trinajstić information content (AvgIpc) is 3.29. The Bertz CT molecular complexity index is 938. The van der Waals surface area contributed by atoms with Crippen LogP contribution >= 0.6 is 24.8 Å². The topological polar surface area (TPSA) is 114 Å². The Labute approximate surface area is 161 Å². The zero-order valence-electron chi connectivity index (χ0n) is 14.0. The number of hydrogen-bond acceptors (Lipinski definition) is 5. The van der Waals surface area contributed by atoms with Gasteiger partial charge in [-0.15, -0.1) is 24.8 Å². The van der Waals surface area contributed by atoms with Gasteiger partial charge in [0, 0.05) is 31.4 Å². The zero-order valence-corrected chi connectivity index (χ0v) is 15.6. The molecule has 2 fully saturated rings. The fraction of sp³-hybridized carbons (Fsp3) is 0.500. The number of H-pyrrole nitrogens is 1. The highest BCUT2D eigenvalue weighted by Gasteiger charge is 2.30. The maximum Gasteiger partial charge on any atom is 0.330 e. The first-order valence-electron chi connectivity index (χ1n) is 8.25. The molecule has 1 unspecified atom stereocenters. The summed E-state index contributed by atoms with van der Waals surface area (Å²) in [6, 6.07) is 1.66. The lowest BCUT2D eigenvalue weighted by molar-refractivity contribution is 0.0741. The largest absolute Gasteiger partial charge is 0.334 e. The minimum atomic E-state index is -0.508. The first-order chi connectivity index (χ1) is 11.6. The van der Waals surface area contributed by atoms with Crippen LogP contribution in [0.25, 0.3) is 11.0 Å². The Morgan fingerprint density at radius 3 is 2.65 bits per heavy atom. The van der Waals surface area contributed by atoms with Gasteiger partial charge in [0.25, 0.3) is 11.5 Å². The molecule has 1 atom stereocenters. The van der Waals surface area contributed by atoms with Gasteiger partial charge in [0.15, 0.2) is 0 Å². The summed E-state index contributed by atoms with van der Waals surface area (Å²) in [5.74, 6) is -0.166. The van der Waals surface area contributed by atoms with Gasteiger partial charge in [-0.1, -0.05) is 0 Å². The highest BCUT2D eigenvalue weighted by molar-refractivity contribution is 5.97. The Morgan fingerprint density at radius 2 is 2.00 bits per heavy atom. The Hall–Kier alpha value is -1.90. The average molecular weight is 402 g/mol. The van der Waals surface area contributed by atoms with Crippen LogP contribution in [0.15, 0.2) is 21.9 Å². The van der Waals surface area contributed by atoms with E-state index in [-0.39, 0.29) is 48.2 Å². The molecule has 4 rings (SSSR count). The number of likely N-dealkylation sites (tertiary alicyclic amines) is 1. The number of carbonyl (C=O) groups excluding carboxylic acids is 1. The lowest BCUT2D eigenvalue weighted by Crippen LogP contribution is -2.40. The predicted molar refractivity (Wildman–Crippen MR) is 103 cm³/mol. The molecular weight excluding hydrogens is 381 g/mol. The number of aromatic nitrogens is 3. The summed E-state index contributed by atoms with van der Waals surface area (Å²) in [5, 5.41) is 0.274. The molecular formula is C16H21Cl2N5O3. The summed E-state index contributed by atoms with van der Waals surface area (Å²) in [6.07, 6.45) is 5.07. The molecule has 1 saturated heterocycles. The molecule has 2 aromatic heterocycles. The maximum atomic E-state index is 12.7. The molecule has 0 bridgehead atoms. The van der Waals surface area contributed by atoms with Gasteiger partial charge in [-0.3, -0.25) is 19.1 Å². The minimum Gasteiger partial charge on any atom is -0.334 e. The molecule has 1 aliphatic carbocycles. The quantitative estimate of drug-likeness (QED) is 0.789. The van der Waals surface area contributed by atoms with Crippen molar-refractivity contribution in [3.63, 3.8) is 0 Å². The number of carbonyl (C=O) groups is 1. The molecule has 2 aromatic rings. The summed E-state index contributed by atoms with van der Waals surface area (Å²) in [4.78, 5) is 45.2. The van der Waals surface area contributed by atoms with E-state index in [1.54, 1.807) is 4.90 Å². The van der Waals surface area contributed by atoms with E-state index in [1.165, 1.54) is 16.8 Å². The van der Waals surface area contributed by atoms with E-state index in [1.807, 2.05) is 0 Å². The van der Waals surface area contributed by atoms with Crippen molar-refractivity contribution >= 4 is 41.8 Å². The van der Waals surface area contributed by atoms with Crippen LogP contribution in [0.4, 0.5) is 0 Å². The SMILES string of the molecule is Cl.Cl.NCC1CCCN1C(=O)c1cnc2c(c1)c(=O)[nH]c(=O)n2C1CC1. The van der Waals surface area contributed by atoms with Gasteiger partial charge in [-0.2, -0.15) is 0 Å². The van der Waals surface area contributed by atoms with Gasteiger partial charge in [-0.05, 0) is 31.7 Å². The zero-order chi connectivity index (χ0) is 16.8. The molecule has 0 aromatic carbocycles. The van der Waals surface area contributed by atoms with E-state index < -0.39 is 11.2 Å². The molecule has 10 heteroatoms. The number of pyridine rings is 1. The summed E-state index contributed by atoms with van der Waals surface area (Å²) >= 11 is 0. The number of amides is 1.